The number of benzene rings is 1. The highest BCUT2D eigenvalue weighted by Crippen LogP contribution is 2.35. The molecular weight excluding hydrogens is 456 g/mol. The zero-order valence-electron chi connectivity index (χ0n) is 17.6. The third-order valence-electron chi connectivity index (χ3n) is 4.96. The highest BCUT2D eigenvalue weighted by molar-refractivity contribution is 7.19. The van der Waals surface area contributed by atoms with E-state index in [4.69, 9.17) is 4.74 Å². The summed E-state index contributed by atoms with van der Waals surface area (Å²) in [6, 6.07) is 9.57. The van der Waals surface area contributed by atoms with Gasteiger partial charge in [0.15, 0.2) is 5.13 Å². The fourth-order valence-electron chi connectivity index (χ4n) is 3.37. The van der Waals surface area contributed by atoms with Gasteiger partial charge in [0.05, 0.1) is 17.2 Å². The molecule has 3 aromatic heterocycles. The molecule has 1 N–H and O–H groups in total. The summed E-state index contributed by atoms with van der Waals surface area (Å²) in [6.45, 7) is 0.919. The number of halogens is 4. The summed E-state index contributed by atoms with van der Waals surface area (Å²) in [7, 11) is 1.59. The van der Waals surface area contributed by atoms with E-state index in [1.165, 1.54) is 35.9 Å². The van der Waals surface area contributed by atoms with Crippen LogP contribution in [0, 0.1) is 5.95 Å². The molecule has 1 aromatic carbocycles. The standard InChI is InChI=1S/C23H20F4N4OS/c1-32-13-18-21(15-5-6-16-12-30-20(24)10-17(16)9-15)33-22(31-18)28-8-2-3-14-4-7-19(29-11-14)23(25,26)27/h4-7,9-12H,2-3,8,13H2,1H3,(H,28,31). The number of hydrogen-bond donors (Lipinski definition) is 1. The molecule has 0 saturated heterocycles. The summed E-state index contributed by atoms with van der Waals surface area (Å²) >= 11 is 1.47. The second-order valence-corrected chi connectivity index (χ2v) is 8.38. The normalized spacial score (nSPS) is 11.8. The van der Waals surface area contributed by atoms with E-state index in [1.807, 2.05) is 18.2 Å². The first-order valence-corrected chi connectivity index (χ1v) is 11.0. The second kappa shape index (κ2) is 9.80. The average Bonchev–Trinajstić information content (AvgIpc) is 3.19. The van der Waals surface area contributed by atoms with E-state index in [2.05, 4.69) is 20.3 Å². The van der Waals surface area contributed by atoms with E-state index in [9.17, 15) is 17.6 Å². The van der Waals surface area contributed by atoms with Crippen molar-refractivity contribution in [2.45, 2.75) is 25.6 Å². The van der Waals surface area contributed by atoms with E-state index < -0.39 is 17.8 Å². The van der Waals surface area contributed by atoms with Crippen LogP contribution in [0.2, 0.25) is 0 Å². The Morgan fingerprint density at radius 3 is 2.61 bits per heavy atom. The SMILES string of the molecule is COCc1nc(NCCCc2ccc(C(F)(F)F)nc2)sc1-c1ccc2cnc(F)cc2c1. The molecule has 5 nitrogen and oxygen atoms in total. The third-order valence-corrected chi connectivity index (χ3v) is 6.07. The topological polar surface area (TPSA) is 59.9 Å². The monoisotopic (exact) mass is 476 g/mol. The van der Waals surface area contributed by atoms with Crippen LogP contribution in [0.3, 0.4) is 0 Å². The summed E-state index contributed by atoms with van der Waals surface area (Å²) in [5.74, 6) is -0.535. The van der Waals surface area contributed by atoms with Crippen molar-refractivity contribution in [2.75, 3.05) is 19.0 Å². The Morgan fingerprint density at radius 1 is 1.03 bits per heavy atom. The Morgan fingerprint density at radius 2 is 1.88 bits per heavy atom. The van der Waals surface area contributed by atoms with Crippen LogP contribution in [0.5, 0.6) is 0 Å². The van der Waals surface area contributed by atoms with Crippen molar-refractivity contribution in [1.29, 1.82) is 0 Å². The Labute approximate surface area is 191 Å². The predicted octanol–water partition coefficient (Wildman–Crippen LogP) is 6.10. The molecule has 4 aromatic rings. The van der Waals surface area contributed by atoms with Crippen molar-refractivity contribution in [3.05, 3.63) is 71.7 Å². The molecule has 0 aliphatic heterocycles. The van der Waals surface area contributed by atoms with Gasteiger partial charge in [-0.05, 0) is 41.5 Å². The minimum atomic E-state index is -4.43. The maximum Gasteiger partial charge on any atom is 0.433 e. The molecule has 0 spiro atoms. The third kappa shape index (κ3) is 5.63. The Bertz CT molecular complexity index is 1240. The van der Waals surface area contributed by atoms with Gasteiger partial charge in [0.2, 0.25) is 5.95 Å². The van der Waals surface area contributed by atoms with Gasteiger partial charge in [-0.15, -0.1) is 0 Å². The number of thiazole rings is 1. The molecule has 0 fully saturated rings. The van der Waals surface area contributed by atoms with E-state index in [-0.39, 0.29) is 0 Å². The van der Waals surface area contributed by atoms with Crippen LogP contribution in [-0.2, 0) is 23.9 Å². The van der Waals surface area contributed by atoms with Gasteiger partial charge in [-0.1, -0.05) is 29.5 Å². The number of fused-ring (bicyclic) bond motifs is 1. The molecule has 0 atom stereocenters. The van der Waals surface area contributed by atoms with Crippen molar-refractivity contribution in [2.24, 2.45) is 0 Å². The summed E-state index contributed by atoms with van der Waals surface area (Å²) in [6.07, 6.45) is -0.385. The number of anilines is 1. The first kappa shape index (κ1) is 23.1. The molecular formula is C23H20F4N4OS. The van der Waals surface area contributed by atoms with Crippen LogP contribution >= 0.6 is 11.3 Å². The number of nitrogens with zero attached hydrogens (tertiary/aromatic N) is 3. The Kier molecular flexibility index (Phi) is 6.85. The summed E-state index contributed by atoms with van der Waals surface area (Å²) < 4.78 is 56.7. The van der Waals surface area contributed by atoms with Gasteiger partial charge in [0.1, 0.15) is 5.69 Å². The molecule has 33 heavy (non-hydrogen) atoms. The smallest absolute Gasteiger partial charge is 0.378 e. The lowest BCUT2D eigenvalue weighted by atomic mass is 10.1. The number of aryl methyl sites for hydroxylation is 1. The van der Waals surface area contributed by atoms with Gasteiger partial charge in [0.25, 0.3) is 0 Å². The first-order chi connectivity index (χ1) is 15.8. The zero-order valence-corrected chi connectivity index (χ0v) is 18.4. The van der Waals surface area contributed by atoms with Crippen molar-refractivity contribution in [1.82, 2.24) is 15.0 Å². The zero-order chi connectivity index (χ0) is 23.4. The van der Waals surface area contributed by atoms with Crippen LogP contribution in [0.15, 0.2) is 48.8 Å². The predicted molar refractivity (Wildman–Crippen MR) is 120 cm³/mol. The summed E-state index contributed by atoms with van der Waals surface area (Å²) in [5, 5.41) is 5.57. The molecule has 0 saturated carbocycles. The average molecular weight is 476 g/mol. The van der Waals surface area contributed by atoms with Crippen LogP contribution in [0.4, 0.5) is 22.7 Å². The van der Waals surface area contributed by atoms with Gasteiger partial charge >= 0.3 is 6.18 Å². The maximum atomic E-state index is 13.5. The minimum Gasteiger partial charge on any atom is -0.378 e. The Hall–Kier alpha value is -3.11. The lowest BCUT2D eigenvalue weighted by Crippen LogP contribution is -2.08. The van der Waals surface area contributed by atoms with Gasteiger partial charge in [-0.25, -0.2) is 9.97 Å². The number of ether oxygens (including phenoxy) is 1. The highest BCUT2D eigenvalue weighted by Gasteiger charge is 2.31. The molecule has 0 aliphatic rings. The Balaban J connectivity index is 1.42. The van der Waals surface area contributed by atoms with E-state index in [0.29, 0.717) is 31.1 Å². The largest absolute Gasteiger partial charge is 0.433 e. The second-order valence-electron chi connectivity index (χ2n) is 7.38. The molecule has 3 heterocycles. The van der Waals surface area contributed by atoms with Crippen molar-refractivity contribution in [3.63, 3.8) is 0 Å². The van der Waals surface area contributed by atoms with Gasteiger partial charge in [0, 0.05) is 37.5 Å². The van der Waals surface area contributed by atoms with Crippen LogP contribution in [0.1, 0.15) is 23.4 Å². The van der Waals surface area contributed by atoms with E-state index in [0.717, 1.165) is 38.5 Å². The molecule has 10 heteroatoms. The number of aromatic nitrogens is 3. The lowest BCUT2D eigenvalue weighted by molar-refractivity contribution is -0.141. The first-order valence-electron chi connectivity index (χ1n) is 10.1. The molecule has 0 aliphatic carbocycles. The van der Waals surface area contributed by atoms with E-state index >= 15 is 0 Å². The van der Waals surface area contributed by atoms with Crippen LogP contribution in [-0.4, -0.2) is 28.6 Å². The fourth-order valence-corrected chi connectivity index (χ4v) is 4.36. The number of nitrogens with one attached hydrogen (secondary N) is 1. The molecule has 0 unspecified atom stereocenters. The quantitative estimate of drug-likeness (QED) is 0.189. The number of methoxy groups -OCH3 is 1. The molecule has 172 valence electrons. The van der Waals surface area contributed by atoms with E-state index in [1.54, 1.807) is 7.11 Å². The minimum absolute atomic E-state index is 0.327. The molecule has 0 amide bonds. The maximum absolute atomic E-state index is 13.5. The lowest BCUT2D eigenvalue weighted by Gasteiger charge is -2.07. The van der Waals surface area contributed by atoms with Gasteiger partial charge in [-0.2, -0.15) is 17.6 Å². The number of pyridine rings is 2. The van der Waals surface area contributed by atoms with Gasteiger partial charge in [-0.3, -0.25) is 4.98 Å². The highest BCUT2D eigenvalue weighted by atomic mass is 32.1. The number of hydrogen-bond acceptors (Lipinski definition) is 6. The fraction of sp³-hybridized carbons (Fsp3) is 0.261. The molecule has 0 bridgehead atoms. The van der Waals surface area contributed by atoms with Crippen LogP contribution < -0.4 is 5.32 Å². The van der Waals surface area contributed by atoms with Crippen molar-refractivity contribution < 1.29 is 22.3 Å². The van der Waals surface area contributed by atoms with Crippen molar-refractivity contribution in [3.8, 4) is 10.4 Å². The number of rotatable bonds is 8. The molecule has 4 rings (SSSR count). The van der Waals surface area contributed by atoms with Crippen molar-refractivity contribution >= 4 is 27.2 Å². The summed E-state index contributed by atoms with van der Waals surface area (Å²) in [4.78, 5) is 12.7. The molecule has 0 radical (unpaired) electrons. The van der Waals surface area contributed by atoms with Gasteiger partial charge < -0.3 is 10.1 Å². The van der Waals surface area contributed by atoms with Crippen LogP contribution in [0.25, 0.3) is 21.2 Å². The summed E-state index contributed by atoms with van der Waals surface area (Å²) in [5.41, 5.74) is 1.52. The number of alkyl halides is 3.